The first-order chi connectivity index (χ1) is 15.6. The molecule has 8 nitrogen and oxygen atoms in total. The van der Waals surface area contributed by atoms with Crippen LogP contribution in [0.25, 0.3) is 0 Å². The normalized spacial score (nSPS) is 10.4. The topological polar surface area (TPSA) is 106 Å². The molecule has 2 amide bonds. The Bertz CT molecular complexity index is 1110. The van der Waals surface area contributed by atoms with Crippen LogP contribution in [0.5, 0.6) is 5.75 Å². The van der Waals surface area contributed by atoms with Gasteiger partial charge in [0.2, 0.25) is 0 Å². The maximum atomic E-state index is 12.0. The SMILES string of the molecule is COC(=O)c1ccc(NC(=O)C(=O)N/N=C\c2ccccc2OCc2ccccc2)cc1. The van der Waals surface area contributed by atoms with Crippen LogP contribution in [0.3, 0.4) is 0 Å². The molecule has 162 valence electrons. The van der Waals surface area contributed by atoms with Gasteiger partial charge in [-0.3, -0.25) is 9.59 Å². The summed E-state index contributed by atoms with van der Waals surface area (Å²) >= 11 is 0. The molecule has 0 atom stereocenters. The molecule has 3 rings (SSSR count). The summed E-state index contributed by atoms with van der Waals surface area (Å²) in [6, 6.07) is 22.8. The molecule has 0 bridgehead atoms. The van der Waals surface area contributed by atoms with Crippen molar-refractivity contribution in [3.63, 3.8) is 0 Å². The van der Waals surface area contributed by atoms with E-state index < -0.39 is 17.8 Å². The number of carbonyl (C=O) groups is 3. The molecule has 2 N–H and O–H groups in total. The molecule has 0 aromatic heterocycles. The minimum absolute atomic E-state index is 0.327. The van der Waals surface area contributed by atoms with Crippen LogP contribution < -0.4 is 15.5 Å². The van der Waals surface area contributed by atoms with Gasteiger partial charge in [-0.25, -0.2) is 10.2 Å². The third kappa shape index (κ3) is 6.27. The van der Waals surface area contributed by atoms with E-state index in [-0.39, 0.29) is 0 Å². The van der Waals surface area contributed by atoms with Crippen molar-refractivity contribution in [2.75, 3.05) is 12.4 Å². The number of rotatable bonds is 7. The van der Waals surface area contributed by atoms with Gasteiger partial charge in [-0.2, -0.15) is 5.10 Å². The number of nitrogens with one attached hydrogen (secondary N) is 2. The van der Waals surface area contributed by atoms with E-state index in [4.69, 9.17) is 4.74 Å². The number of methoxy groups -OCH3 is 1. The third-order valence-electron chi connectivity index (χ3n) is 4.30. The van der Waals surface area contributed by atoms with Crippen LogP contribution in [0.1, 0.15) is 21.5 Å². The number of nitrogens with zero attached hydrogens (tertiary/aromatic N) is 1. The van der Waals surface area contributed by atoms with Gasteiger partial charge in [0.25, 0.3) is 0 Å². The van der Waals surface area contributed by atoms with Gasteiger partial charge in [0, 0.05) is 11.3 Å². The van der Waals surface area contributed by atoms with Gasteiger partial charge in [0.1, 0.15) is 12.4 Å². The highest BCUT2D eigenvalue weighted by atomic mass is 16.5. The number of carbonyl (C=O) groups excluding carboxylic acids is 3. The Morgan fingerprint density at radius 2 is 1.56 bits per heavy atom. The number of anilines is 1. The van der Waals surface area contributed by atoms with Gasteiger partial charge in [-0.05, 0) is 42.0 Å². The number of ether oxygens (including phenoxy) is 2. The monoisotopic (exact) mass is 431 g/mol. The highest BCUT2D eigenvalue weighted by molar-refractivity contribution is 6.39. The second kappa shape index (κ2) is 11.1. The lowest BCUT2D eigenvalue weighted by molar-refractivity contribution is -0.136. The minimum atomic E-state index is -0.944. The molecule has 0 fully saturated rings. The fourth-order valence-electron chi connectivity index (χ4n) is 2.66. The molecule has 0 aliphatic rings. The molecule has 0 heterocycles. The summed E-state index contributed by atoms with van der Waals surface area (Å²) in [6.07, 6.45) is 1.40. The van der Waals surface area contributed by atoms with E-state index in [1.165, 1.54) is 37.6 Å². The summed E-state index contributed by atoms with van der Waals surface area (Å²) in [5.41, 5.74) is 4.51. The Hall–Kier alpha value is -4.46. The van der Waals surface area contributed by atoms with Crippen LogP contribution in [0.4, 0.5) is 5.69 Å². The second-order valence-corrected chi connectivity index (χ2v) is 6.53. The molecule has 0 aliphatic heterocycles. The molecular formula is C24H21N3O5. The molecule has 8 heteroatoms. The van der Waals surface area contributed by atoms with Crippen molar-refractivity contribution >= 4 is 29.7 Å². The number of hydrazone groups is 1. The molecule has 0 radical (unpaired) electrons. The van der Waals surface area contributed by atoms with E-state index in [1.807, 2.05) is 42.5 Å². The van der Waals surface area contributed by atoms with Crippen LogP contribution in [0, 0.1) is 0 Å². The van der Waals surface area contributed by atoms with Crippen LogP contribution in [-0.2, 0) is 20.9 Å². The first kappa shape index (κ1) is 22.2. The van der Waals surface area contributed by atoms with Crippen molar-refractivity contribution in [1.82, 2.24) is 5.43 Å². The first-order valence-corrected chi connectivity index (χ1v) is 9.65. The molecule has 0 saturated heterocycles. The van der Waals surface area contributed by atoms with Gasteiger partial charge in [0.05, 0.1) is 18.9 Å². The van der Waals surface area contributed by atoms with E-state index in [1.54, 1.807) is 12.1 Å². The van der Waals surface area contributed by atoms with Gasteiger partial charge < -0.3 is 14.8 Å². The molecule has 0 unspecified atom stereocenters. The smallest absolute Gasteiger partial charge is 0.337 e. The van der Waals surface area contributed by atoms with Crippen molar-refractivity contribution in [3.05, 3.63) is 95.6 Å². The maximum absolute atomic E-state index is 12.0. The summed E-state index contributed by atoms with van der Waals surface area (Å²) in [4.78, 5) is 35.5. The van der Waals surface area contributed by atoms with E-state index >= 15 is 0 Å². The first-order valence-electron chi connectivity index (χ1n) is 9.65. The molecule has 3 aromatic rings. The fourth-order valence-corrected chi connectivity index (χ4v) is 2.66. The van der Waals surface area contributed by atoms with Crippen LogP contribution >= 0.6 is 0 Å². The van der Waals surface area contributed by atoms with Crippen LogP contribution in [-0.4, -0.2) is 31.1 Å². The molecular weight excluding hydrogens is 410 g/mol. The summed E-state index contributed by atoms with van der Waals surface area (Å²) in [6.45, 7) is 0.384. The Morgan fingerprint density at radius 1 is 0.875 bits per heavy atom. The quantitative estimate of drug-likeness (QED) is 0.259. The minimum Gasteiger partial charge on any atom is -0.488 e. The molecule has 0 spiro atoms. The summed E-state index contributed by atoms with van der Waals surface area (Å²) < 4.78 is 10.4. The zero-order chi connectivity index (χ0) is 22.8. The number of para-hydroxylation sites is 1. The van der Waals surface area contributed by atoms with E-state index in [9.17, 15) is 14.4 Å². The van der Waals surface area contributed by atoms with Crippen molar-refractivity contribution in [2.24, 2.45) is 5.10 Å². The lowest BCUT2D eigenvalue weighted by Gasteiger charge is -2.09. The number of hydrogen-bond acceptors (Lipinski definition) is 6. The van der Waals surface area contributed by atoms with Crippen LogP contribution in [0.2, 0.25) is 0 Å². The highest BCUT2D eigenvalue weighted by Crippen LogP contribution is 2.17. The number of amides is 2. The highest BCUT2D eigenvalue weighted by Gasteiger charge is 2.13. The molecule has 0 aliphatic carbocycles. The largest absolute Gasteiger partial charge is 0.488 e. The number of esters is 1. The van der Waals surface area contributed by atoms with E-state index in [2.05, 4.69) is 20.6 Å². The van der Waals surface area contributed by atoms with Gasteiger partial charge in [-0.1, -0.05) is 42.5 Å². The molecule has 0 saturated carbocycles. The van der Waals surface area contributed by atoms with Crippen LogP contribution in [0.15, 0.2) is 84.0 Å². The van der Waals surface area contributed by atoms with Gasteiger partial charge in [0.15, 0.2) is 0 Å². The Kier molecular flexibility index (Phi) is 7.69. The predicted octanol–water partition coefficient (Wildman–Crippen LogP) is 3.14. The van der Waals surface area contributed by atoms with Crippen molar-refractivity contribution in [1.29, 1.82) is 0 Å². The number of hydrogen-bond donors (Lipinski definition) is 2. The van der Waals surface area contributed by atoms with Crippen molar-refractivity contribution < 1.29 is 23.9 Å². The number of benzene rings is 3. The van der Waals surface area contributed by atoms with Crippen molar-refractivity contribution in [3.8, 4) is 5.75 Å². The average Bonchev–Trinajstić information content (AvgIpc) is 2.84. The van der Waals surface area contributed by atoms with Crippen molar-refractivity contribution in [2.45, 2.75) is 6.61 Å². The van der Waals surface area contributed by atoms with E-state index in [0.717, 1.165) is 5.56 Å². The predicted molar refractivity (Wildman–Crippen MR) is 119 cm³/mol. The molecule has 32 heavy (non-hydrogen) atoms. The summed E-state index contributed by atoms with van der Waals surface area (Å²) in [5, 5.41) is 6.26. The van der Waals surface area contributed by atoms with Gasteiger partial charge >= 0.3 is 17.8 Å². The summed E-state index contributed by atoms with van der Waals surface area (Å²) in [5.74, 6) is -1.75. The van der Waals surface area contributed by atoms with E-state index in [0.29, 0.717) is 29.2 Å². The summed E-state index contributed by atoms with van der Waals surface area (Å²) in [7, 11) is 1.27. The zero-order valence-electron chi connectivity index (χ0n) is 17.3. The Labute approximate surface area is 184 Å². The Balaban J connectivity index is 1.54. The molecule has 3 aromatic carbocycles. The maximum Gasteiger partial charge on any atom is 0.337 e. The lowest BCUT2D eigenvalue weighted by Crippen LogP contribution is -2.32. The average molecular weight is 431 g/mol. The van der Waals surface area contributed by atoms with Gasteiger partial charge in [-0.15, -0.1) is 0 Å². The lowest BCUT2D eigenvalue weighted by atomic mass is 10.2. The third-order valence-corrected chi connectivity index (χ3v) is 4.30. The Morgan fingerprint density at radius 3 is 2.28 bits per heavy atom. The second-order valence-electron chi connectivity index (χ2n) is 6.53. The standard InChI is InChI=1S/C24H21N3O5/c1-31-24(30)18-11-13-20(14-12-18)26-22(28)23(29)27-25-15-19-9-5-6-10-21(19)32-16-17-7-3-2-4-8-17/h2-15H,16H2,1H3,(H,26,28)(H,27,29)/b25-15-. The fraction of sp³-hybridized carbons (Fsp3) is 0.0833. The zero-order valence-corrected chi connectivity index (χ0v) is 17.3.